The fourth-order valence-electron chi connectivity index (χ4n) is 6.86. The lowest BCUT2D eigenvalue weighted by Crippen LogP contribution is -2.55. The topological polar surface area (TPSA) is 117 Å². The van der Waals surface area contributed by atoms with Crippen LogP contribution in [0.1, 0.15) is 60.9 Å². The van der Waals surface area contributed by atoms with Crippen molar-refractivity contribution in [3.8, 4) is 0 Å². The Morgan fingerprint density at radius 2 is 1.56 bits per heavy atom. The zero-order valence-corrected chi connectivity index (χ0v) is 26.6. The SMILES string of the molecule is O=C(O)C1CCN(C(=O)COC2(CCc3ccc([C@@H]4[C@@H](CC[C@H](O)c5ccc(F)cc5)C(=O)N4c4ccc(F)cc4)cc3)COC2)CC1. The van der Waals surface area contributed by atoms with E-state index >= 15 is 0 Å². The van der Waals surface area contributed by atoms with E-state index in [4.69, 9.17) is 9.47 Å². The average Bonchev–Trinajstić information content (AvgIpc) is 3.08. The molecule has 0 spiro atoms. The minimum absolute atomic E-state index is 0.0772. The molecule has 11 heteroatoms. The number of hydrogen-bond acceptors (Lipinski definition) is 6. The number of aliphatic hydroxyl groups is 1. The van der Waals surface area contributed by atoms with Gasteiger partial charge in [-0.15, -0.1) is 0 Å². The highest BCUT2D eigenvalue weighted by Crippen LogP contribution is 2.46. The molecule has 0 bridgehead atoms. The number of carbonyl (C=O) groups is 3. The summed E-state index contributed by atoms with van der Waals surface area (Å²) in [6.45, 7) is 1.53. The van der Waals surface area contributed by atoms with Crippen molar-refractivity contribution in [2.75, 3.05) is 37.8 Å². The molecule has 2 amide bonds. The van der Waals surface area contributed by atoms with Crippen LogP contribution in [-0.4, -0.2) is 71.4 Å². The molecule has 3 heterocycles. The van der Waals surface area contributed by atoms with Crippen LogP contribution in [0.15, 0.2) is 72.8 Å². The number of piperidine rings is 1. The Morgan fingerprint density at radius 1 is 0.938 bits per heavy atom. The second kappa shape index (κ2) is 14.5. The summed E-state index contributed by atoms with van der Waals surface area (Å²) in [4.78, 5) is 40.7. The summed E-state index contributed by atoms with van der Waals surface area (Å²) >= 11 is 0. The van der Waals surface area contributed by atoms with Gasteiger partial charge in [-0.05, 0) is 91.6 Å². The van der Waals surface area contributed by atoms with Crippen molar-refractivity contribution in [3.63, 3.8) is 0 Å². The summed E-state index contributed by atoms with van der Waals surface area (Å²) in [5.74, 6) is -2.65. The van der Waals surface area contributed by atoms with Gasteiger partial charge < -0.3 is 29.5 Å². The fourth-order valence-corrected chi connectivity index (χ4v) is 6.86. The van der Waals surface area contributed by atoms with Gasteiger partial charge in [0.1, 0.15) is 23.8 Å². The number of aliphatic hydroxyl groups excluding tert-OH is 1. The predicted octanol–water partition coefficient (Wildman–Crippen LogP) is 5.22. The smallest absolute Gasteiger partial charge is 0.306 e. The maximum Gasteiger partial charge on any atom is 0.306 e. The minimum atomic E-state index is -0.842. The van der Waals surface area contributed by atoms with E-state index in [1.165, 1.54) is 24.3 Å². The maximum atomic E-state index is 13.7. The number of carboxylic acid groups (broad SMARTS) is 1. The van der Waals surface area contributed by atoms with Crippen LogP contribution in [0.2, 0.25) is 0 Å². The number of likely N-dealkylation sites (tertiary alicyclic amines) is 1. The molecule has 0 radical (unpaired) electrons. The van der Waals surface area contributed by atoms with Crippen LogP contribution in [-0.2, 0) is 30.3 Å². The summed E-state index contributed by atoms with van der Waals surface area (Å²) in [6.07, 6.45) is 2.11. The molecule has 3 aromatic carbocycles. The van der Waals surface area contributed by atoms with E-state index in [2.05, 4.69) is 0 Å². The second-order valence-electron chi connectivity index (χ2n) is 13.1. The third kappa shape index (κ3) is 7.43. The van der Waals surface area contributed by atoms with E-state index < -0.39 is 35.3 Å². The van der Waals surface area contributed by atoms with Crippen molar-refractivity contribution in [3.05, 3.63) is 101 Å². The van der Waals surface area contributed by atoms with Gasteiger partial charge in [0.25, 0.3) is 0 Å². The molecule has 3 aliphatic heterocycles. The summed E-state index contributed by atoms with van der Waals surface area (Å²) in [5.41, 5.74) is 2.58. The highest BCUT2D eigenvalue weighted by Gasteiger charge is 2.48. The lowest BCUT2D eigenvalue weighted by Gasteiger charge is -2.48. The van der Waals surface area contributed by atoms with Crippen molar-refractivity contribution in [2.24, 2.45) is 11.8 Å². The van der Waals surface area contributed by atoms with Crippen LogP contribution >= 0.6 is 0 Å². The molecular formula is C37H40F2N2O7. The lowest BCUT2D eigenvalue weighted by molar-refractivity contribution is -0.214. The van der Waals surface area contributed by atoms with Gasteiger partial charge >= 0.3 is 5.97 Å². The highest BCUT2D eigenvalue weighted by atomic mass is 19.1. The van der Waals surface area contributed by atoms with Crippen molar-refractivity contribution < 1.29 is 42.9 Å². The molecule has 2 N–H and O–H groups in total. The number of ether oxygens (including phenoxy) is 2. The number of amides is 2. The number of aryl methyl sites for hydroxylation is 1. The van der Waals surface area contributed by atoms with E-state index in [-0.39, 0.29) is 30.3 Å². The van der Waals surface area contributed by atoms with Gasteiger partial charge in [0.15, 0.2) is 0 Å². The van der Waals surface area contributed by atoms with Crippen LogP contribution in [0, 0.1) is 23.5 Å². The quantitative estimate of drug-likeness (QED) is 0.241. The molecule has 0 aromatic heterocycles. The zero-order chi connectivity index (χ0) is 33.8. The summed E-state index contributed by atoms with van der Waals surface area (Å²) in [7, 11) is 0. The van der Waals surface area contributed by atoms with Crippen LogP contribution in [0.25, 0.3) is 0 Å². The average molecular weight is 663 g/mol. The number of halogens is 2. The Morgan fingerprint density at radius 3 is 2.15 bits per heavy atom. The number of carbonyl (C=O) groups excluding carboxylic acids is 2. The monoisotopic (exact) mass is 662 g/mol. The number of rotatable bonds is 13. The van der Waals surface area contributed by atoms with Crippen LogP contribution in [0.5, 0.6) is 0 Å². The number of benzene rings is 3. The second-order valence-corrected chi connectivity index (χ2v) is 13.1. The van der Waals surface area contributed by atoms with Crippen molar-refractivity contribution >= 4 is 23.5 Å². The van der Waals surface area contributed by atoms with E-state index in [0.717, 1.165) is 11.1 Å². The number of anilines is 1. The molecule has 254 valence electrons. The normalized spacial score (nSPS) is 21.4. The Balaban J connectivity index is 1.08. The van der Waals surface area contributed by atoms with Crippen LogP contribution in [0.4, 0.5) is 14.5 Å². The first-order chi connectivity index (χ1) is 23.1. The predicted molar refractivity (Wildman–Crippen MR) is 172 cm³/mol. The largest absolute Gasteiger partial charge is 0.481 e. The maximum absolute atomic E-state index is 13.7. The summed E-state index contributed by atoms with van der Waals surface area (Å²) < 4.78 is 38.6. The third-order valence-electron chi connectivity index (χ3n) is 9.94. The molecule has 48 heavy (non-hydrogen) atoms. The van der Waals surface area contributed by atoms with Crippen LogP contribution in [0.3, 0.4) is 0 Å². The van der Waals surface area contributed by atoms with Gasteiger partial charge in [0.05, 0.1) is 37.2 Å². The first-order valence-corrected chi connectivity index (χ1v) is 16.5. The minimum Gasteiger partial charge on any atom is -0.481 e. The molecule has 0 unspecified atom stereocenters. The van der Waals surface area contributed by atoms with Gasteiger partial charge in [0.2, 0.25) is 11.8 Å². The fraction of sp³-hybridized carbons (Fsp3) is 0.432. The first kappa shape index (κ1) is 33.7. The zero-order valence-electron chi connectivity index (χ0n) is 26.6. The Bertz CT molecular complexity index is 1590. The molecule has 3 atom stereocenters. The number of aliphatic carboxylic acids is 1. The molecule has 9 nitrogen and oxygen atoms in total. The third-order valence-corrected chi connectivity index (χ3v) is 9.94. The van der Waals surface area contributed by atoms with Gasteiger partial charge in [-0.1, -0.05) is 36.4 Å². The Labute approximate surface area is 278 Å². The lowest BCUT2D eigenvalue weighted by atomic mass is 9.78. The standard InChI is InChI=1S/C37H40F2N2O7/c38-28-7-5-25(6-8-28)32(42)14-13-31-34(41(35(31)44)30-11-9-29(39)10-12-30)26-3-1-24(2-4-26)15-18-37(22-47-23-37)48-21-33(43)40-19-16-27(17-20-40)36(45)46/h1-12,27,31-32,34,42H,13-23H2,(H,45,46)/t31-,32+,34-/m1/s1. The number of hydrogen-bond donors (Lipinski definition) is 2. The Kier molecular flexibility index (Phi) is 10.2. The molecule has 0 saturated carbocycles. The molecule has 0 aliphatic carbocycles. The van der Waals surface area contributed by atoms with E-state index in [1.807, 2.05) is 24.3 Å². The molecule has 3 saturated heterocycles. The van der Waals surface area contributed by atoms with Gasteiger partial charge in [-0.3, -0.25) is 14.4 Å². The van der Waals surface area contributed by atoms with Gasteiger partial charge in [-0.2, -0.15) is 0 Å². The van der Waals surface area contributed by atoms with E-state index in [9.17, 15) is 33.4 Å². The Hall–Kier alpha value is -4.19. The van der Waals surface area contributed by atoms with Crippen molar-refractivity contribution in [2.45, 2.75) is 56.3 Å². The van der Waals surface area contributed by atoms with Crippen molar-refractivity contribution in [1.29, 1.82) is 0 Å². The summed E-state index contributed by atoms with van der Waals surface area (Å²) in [5, 5.41) is 19.9. The van der Waals surface area contributed by atoms with E-state index in [1.54, 1.807) is 34.1 Å². The number of carboxylic acids is 1. The molecule has 3 aromatic rings. The summed E-state index contributed by atoms with van der Waals surface area (Å²) in [6, 6.07) is 19.2. The van der Waals surface area contributed by atoms with Crippen molar-refractivity contribution in [1.82, 2.24) is 4.90 Å². The highest BCUT2D eigenvalue weighted by molar-refractivity contribution is 6.03. The molecule has 6 rings (SSSR count). The molecular weight excluding hydrogens is 622 g/mol. The molecule has 3 aliphatic rings. The van der Waals surface area contributed by atoms with Gasteiger partial charge in [0, 0.05) is 18.8 Å². The first-order valence-electron chi connectivity index (χ1n) is 16.5. The number of β-lactam (4-membered cyclic amide) rings is 1. The number of nitrogens with zero attached hydrogens (tertiary/aromatic N) is 2. The van der Waals surface area contributed by atoms with E-state index in [0.29, 0.717) is 76.1 Å². The molecule has 3 fully saturated rings. The van der Waals surface area contributed by atoms with Gasteiger partial charge in [-0.25, -0.2) is 8.78 Å². The van der Waals surface area contributed by atoms with Crippen LogP contribution < -0.4 is 4.90 Å².